The van der Waals surface area contributed by atoms with Gasteiger partial charge >= 0.3 is 18.4 Å². The van der Waals surface area contributed by atoms with Gasteiger partial charge in [0.25, 0.3) is 0 Å². The lowest BCUT2D eigenvalue weighted by atomic mass is 10.3. The number of halogens is 7. The average Bonchev–Trinajstić information content (AvgIpc) is 1.79. The molecule has 84 valence electrons. The quantitative estimate of drug-likeness (QED) is 0.518. The fourth-order valence-corrected chi connectivity index (χ4v) is 0.569. The van der Waals surface area contributed by atoms with Gasteiger partial charge in [0.1, 0.15) is 0 Å². The van der Waals surface area contributed by atoms with Gasteiger partial charge in [-0.3, -0.25) is 0 Å². The van der Waals surface area contributed by atoms with E-state index in [1.54, 1.807) is 0 Å². The van der Waals surface area contributed by atoms with E-state index in [-0.39, 0.29) is 6.08 Å². The van der Waals surface area contributed by atoms with Crippen LogP contribution in [-0.2, 0) is 4.74 Å². The molecule has 0 aliphatic rings. The van der Waals surface area contributed by atoms with Gasteiger partial charge in [-0.05, 0) is 13.0 Å². The first-order valence-electron chi connectivity index (χ1n) is 3.18. The van der Waals surface area contributed by atoms with Gasteiger partial charge in [-0.2, -0.15) is 17.6 Å². The van der Waals surface area contributed by atoms with E-state index in [0.29, 0.717) is 6.08 Å². The number of rotatable bonds is 2. The molecule has 0 bridgehead atoms. The number of allylic oxidation sites excluding steroid dienone is 1. The monoisotopic (exact) mass is 226 g/mol. The zero-order valence-corrected chi connectivity index (χ0v) is 6.71. The molecular weight excluding hydrogens is 221 g/mol. The van der Waals surface area contributed by atoms with Crippen molar-refractivity contribution in [2.45, 2.75) is 25.3 Å². The molecule has 0 aliphatic heterocycles. The van der Waals surface area contributed by atoms with Gasteiger partial charge < -0.3 is 0 Å². The highest BCUT2D eigenvalue weighted by Crippen LogP contribution is 2.40. The first-order chi connectivity index (χ1) is 6.02. The third-order valence-corrected chi connectivity index (χ3v) is 1.03. The molecular formula is C6H5F7O. The van der Waals surface area contributed by atoms with Gasteiger partial charge in [-0.1, -0.05) is 6.08 Å². The highest BCUT2D eigenvalue weighted by Gasteiger charge is 2.60. The molecule has 0 saturated carbocycles. The molecule has 1 nitrogen and oxygen atoms in total. The molecule has 0 saturated heterocycles. The lowest BCUT2D eigenvalue weighted by molar-refractivity contribution is -0.432. The number of alkyl halides is 7. The van der Waals surface area contributed by atoms with E-state index in [2.05, 4.69) is 4.74 Å². The van der Waals surface area contributed by atoms with Crippen molar-refractivity contribution in [2.24, 2.45) is 0 Å². The molecule has 0 aliphatic carbocycles. The van der Waals surface area contributed by atoms with E-state index >= 15 is 0 Å². The van der Waals surface area contributed by atoms with Crippen molar-refractivity contribution in [3.8, 4) is 0 Å². The van der Waals surface area contributed by atoms with Crippen LogP contribution < -0.4 is 0 Å². The summed E-state index contributed by atoms with van der Waals surface area (Å²) in [6.45, 7) is 0.930. The summed E-state index contributed by atoms with van der Waals surface area (Å²) in [6.07, 6.45) is -11.4. The zero-order chi connectivity index (χ0) is 11.6. The van der Waals surface area contributed by atoms with Gasteiger partial charge in [0, 0.05) is 0 Å². The summed E-state index contributed by atoms with van der Waals surface area (Å²) >= 11 is 0. The fraction of sp³-hybridized carbons (Fsp3) is 0.667. The first kappa shape index (κ1) is 13.2. The third kappa shape index (κ3) is 3.52. The molecule has 0 aromatic rings. The maximum atomic E-state index is 12.6. The van der Waals surface area contributed by atoms with Crippen LogP contribution >= 0.6 is 0 Å². The van der Waals surface area contributed by atoms with E-state index in [1.165, 1.54) is 0 Å². The molecule has 0 radical (unpaired) electrons. The molecule has 0 heterocycles. The third-order valence-electron chi connectivity index (χ3n) is 1.03. The molecule has 0 rings (SSSR count). The minimum Gasteiger partial charge on any atom is -0.242 e. The normalized spacial score (nSPS) is 18.6. The molecule has 0 spiro atoms. The molecule has 1 unspecified atom stereocenters. The Labute approximate surface area is 74.1 Å². The van der Waals surface area contributed by atoms with Gasteiger partial charge in [-0.15, -0.1) is 13.2 Å². The Hall–Kier alpha value is -0.790. The summed E-state index contributed by atoms with van der Waals surface area (Å²) in [4.78, 5) is 0. The molecule has 0 N–H and O–H groups in total. The van der Waals surface area contributed by atoms with Crippen molar-refractivity contribution in [3.63, 3.8) is 0 Å². The van der Waals surface area contributed by atoms with E-state index in [0.717, 1.165) is 6.92 Å². The molecule has 8 heteroatoms. The lowest BCUT2D eigenvalue weighted by Gasteiger charge is -2.25. The molecule has 0 fully saturated rings. The Kier molecular flexibility index (Phi) is 3.54. The second kappa shape index (κ2) is 3.76. The molecule has 0 aromatic heterocycles. The summed E-state index contributed by atoms with van der Waals surface area (Å²) in [6, 6.07) is 0. The van der Waals surface area contributed by atoms with Crippen LogP contribution in [0.4, 0.5) is 30.7 Å². The summed E-state index contributed by atoms with van der Waals surface area (Å²) in [7, 11) is 0. The summed E-state index contributed by atoms with van der Waals surface area (Å²) in [5.74, 6) is -4.83. The van der Waals surface area contributed by atoms with Crippen molar-refractivity contribution in [3.05, 3.63) is 12.2 Å². The minimum atomic E-state index is -5.78. The largest absolute Gasteiger partial charge is 0.525 e. The zero-order valence-electron chi connectivity index (χ0n) is 6.71. The van der Waals surface area contributed by atoms with E-state index in [9.17, 15) is 30.7 Å². The van der Waals surface area contributed by atoms with Crippen LogP contribution in [-0.4, -0.2) is 18.4 Å². The molecule has 14 heavy (non-hydrogen) atoms. The minimum absolute atomic E-state index is 0.361. The van der Waals surface area contributed by atoms with Crippen LogP contribution in [0.2, 0.25) is 0 Å². The van der Waals surface area contributed by atoms with Crippen LogP contribution in [0.15, 0.2) is 12.2 Å². The van der Waals surface area contributed by atoms with Gasteiger partial charge in [0.15, 0.2) is 0 Å². The fourth-order valence-electron chi connectivity index (χ4n) is 0.569. The van der Waals surface area contributed by atoms with Gasteiger partial charge in [0.2, 0.25) is 0 Å². The van der Waals surface area contributed by atoms with Crippen LogP contribution in [0, 0.1) is 0 Å². The summed E-state index contributed by atoms with van der Waals surface area (Å²) in [5, 5.41) is 0. The smallest absolute Gasteiger partial charge is 0.242 e. The maximum absolute atomic E-state index is 12.6. The number of hydrogen-bond donors (Lipinski definition) is 0. The van der Waals surface area contributed by atoms with Crippen LogP contribution in [0.5, 0.6) is 0 Å². The predicted molar refractivity (Wildman–Crippen MR) is 31.8 cm³/mol. The Balaban J connectivity index is 4.93. The first-order valence-corrected chi connectivity index (χ1v) is 3.18. The predicted octanol–water partition coefficient (Wildman–Crippen LogP) is 3.33. The van der Waals surface area contributed by atoms with Crippen molar-refractivity contribution in [1.82, 2.24) is 0 Å². The second-order valence-electron chi connectivity index (χ2n) is 2.19. The van der Waals surface area contributed by atoms with Crippen molar-refractivity contribution in [1.29, 1.82) is 0 Å². The Morgan fingerprint density at radius 2 is 1.36 bits per heavy atom. The number of hydrogen-bond acceptors (Lipinski definition) is 1. The van der Waals surface area contributed by atoms with Crippen molar-refractivity contribution in [2.75, 3.05) is 0 Å². The van der Waals surface area contributed by atoms with Crippen LogP contribution in [0.25, 0.3) is 0 Å². The Morgan fingerprint density at radius 3 is 1.57 bits per heavy atom. The van der Waals surface area contributed by atoms with Crippen LogP contribution in [0.1, 0.15) is 6.92 Å². The highest BCUT2D eigenvalue weighted by molar-refractivity contribution is 4.99. The Bertz CT molecular complexity index is 215. The van der Waals surface area contributed by atoms with E-state index in [1.807, 2.05) is 0 Å². The molecule has 0 aromatic carbocycles. The highest BCUT2D eigenvalue weighted by atomic mass is 19.4. The topological polar surface area (TPSA) is 9.23 Å². The summed E-state index contributed by atoms with van der Waals surface area (Å²) < 4.78 is 84.5. The second-order valence-corrected chi connectivity index (χ2v) is 2.19. The van der Waals surface area contributed by atoms with E-state index < -0.39 is 18.4 Å². The summed E-state index contributed by atoms with van der Waals surface area (Å²) in [5.41, 5.74) is 0. The van der Waals surface area contributed by atoms with Crippen LogP contribution in [0.3, 0.4) is 0 Å². The maximum Gasteiger partial charge on any atom is 0.525 e. The SMILES string of the molecule is CC=CC(F)(OC(F)(F)F)C(F)(F)F. The number of ether oxygens (including phenoxy) is 1. The molecule has 0 amide bonds. The van der Waals surface area contributed by atoms with E-state index in [4.69, 9.17) is 0 Å². The van der Waals surface area contributed by atoms with Gasteiger partial charge in [0.05, 0.1) is 0 Å². The Morgan fingerprint density at radius 1 is 0.929 bits per heavy atom. The van der Waals surface area contributed by atoms with Gasteiger partial charge in [-0.25, -0.2) is 4.74 Å². The standard InChI is InChI=1S/C6H5F7O/c1-2-3-4(7,5(8,9)10)14-6(11,12)13/h2-3H,1H3. The van der Waals surface area contributed by atoms with Crippen molar-refractivity contribution < 1.29 is 35.5 Å². The average molecular weight is 226 g/mol. The lowest BCUT2D eigenvalue weighted by Crippen LogP contribution is -2.45. The van der Waals surface area contributed by atoms with Crippen molar-refractivity contribution >= 4 is 0 Å². The molecule has 1 atom stereocenters.